The van der Waals surface area contributed by atoms with Crippen molar-refractivity contribution < 1.29 is 17.4 Å². The van der Waals surface area contributed by atoms with E-state index in [-0.39, 0.29) is 17.0 Å². The molecule has 0 bridgehead atoms. The zero-order valence-electron chi connectivity index (χ0n) is 17.7. The molecule has 9 nitrogen and oxygen atoms in total. The highest BCUT2D eigenvalue weighted by Crippen LogP contribution is 2.38. The van der Waals surface area contributed by atoms with Gasteiger partial charge in [-0.25, -0.2) is 13.2 Å². The van der Waals surface area contributed by atoms with E-state index in [0.29, 0.717) is 35.3 Å². The highest BCUT2D eigenvalue weighted by molar-refractivity contribution is 7.92. The van der Waals surface area contributed by atoms with E-state index < -0.39 is 15.8 Å². The van der Waals surface area contributed by atoms with Gasteiger partial charge in [-0.15, -0.1) is 0 Å². The number of benzene rings is 2. The summed E-state index contributed by atoms with van der Waals surface area (Å²) in [4.78, 5) is 16.8. The van der Waals surface area contributed by atoms with Crippen molar-refractivity contribution in [1.82, 2.24) is 14.7 Å². The van der Waals surface area contributed by atoms with Gasteiger partial charge in [0.05, 0.1) is 22.6 Å². The molecule has 0 radical (unpaired) electrons. The molecule has 0 aliphatic heterocycles. The van der Waals surface area contributed by atoms with Crippen LogP contribution in [0.5, 0.6) is 0 Å². The van der Waals surface area contributed by atoms with Crippen molar-refractivity contribution in [3.8, 4) is 0 Å². The number of nitrogens with zero attached hydrogens (tertiary/aromatic N) is 3. The van der Waals surface area contributed by atoms with Gasteiger partial charge in [0.2, 0.25) is 5.89 Å². The Morgan fingerprint density at radius 1 is 1.22 bits per heavy atom. The molecule has 4 aromatic rings. The molecular weight excluding hydrogens is 432 g/mol. The van der Waals surface area contributed by atoms with Gasteiger partial charge in [0.25, 0.3) is 10.0 Å². The Kier molecular flexibility index (Phi) is 4.89. The highest BCUT2D eigenvalue weighted by Gasteiger charge is 2.30. The van der Waals surface area contributed by atoms with Crippen molar-refractivity contribution in [2.24, 2.45) is 0 Å². The third-order valence-electron chi connectivity index (χ3n) is 5.64. The number of rotatable bonds is 7. The zero-order valence-corrected chi connectivity index (χ0v) is 18.5. The van der Waals surface area contributed by atoms with Crippen LogP contribution < -0.4 is 10.5 Å². The summed E-state index contributed by atoms with van der Waals surface area (Å²) in [5, 5.41) is 3.94. The number of aryl methyl sites for hydroxylation is 2. The van der Waals surface area contributed by atoms with Crippen LogP contribution in [0, 0.1) is 6.92 Å². The Balaban J connectivity index is 1.46. The first-order chi connectivity index (χ1) is 15.4. The summed E-state index contributed by atoms with van der Waals surface area (Å²) in [6.45, 7) is 3.90. The van der Waals surface area contributed by atoms with Gasteiger partial charge in [-0.1, -0.05) is 30.3 Å². The number of anilines is 1. The maximum atomic E-state index is 13.1. The quantitative estimate of drug-likeness (QED) is 0.453. The average molecular weight is 455 g/mol. The van der Waals surface area contributed by atoms with Gasteiger partial charge in [-0.05, 0) is 49.4 Å². The predicted octanol–water partition coefficient (Wildman–Crippen LogP) is 3.57. The topological polar surface area (TPSA) is 120 Å². The summed E-state index contributed by atoms with van der Waals surface area (Å²) in [6.07, 6.45) is 2.75. The second kappa shape index (κ2) is 7.63. The number of para-hydroxylation sites is 1. The number of aromatic nitrogens is 3. The van der Waals surface area contributed by atoms with Gasteiger partial charge in [0.1, 0.15) is 0 Å². The summed E-state index contributed by atoms with van der Waals surface area (Å²) in [5.74, 6) is 0.660. The van der Waals surface area contributed by atoms with E-state index >= 15 is 0 Å². The molecule has 2 aromatic heterocycles. The number of nitrogens with one attached hydrogen (secondary N) is 1. The van der Waals surface area contributed by atoms with Crippen molar-refractivity contribution in [3.63, 3.8) is 0 Å². The lowest BCUT2D eigenvalue weighted by atomic mass is 10.1. The minimum Gasteiger partial charge on any atom is -0.408 e. The molecule has 1 fully saturated rings. The van der Waals surface area contributed by atoms with Crippen molar-refractivity contribution in [2.45, 2.75) is 50.5 Å². The zero-order chi connectivity index (χ0) is 22.5. The smallest absolute Gasteiger partial charge is 0.408 e. The van der Waals surface area contributed by atoms with Gasteiger partial charge < -0.3 is 8.94 Å². The summed E-state index contributed by atoms with van der Waals surface area (Å²) < 4.78 is 40.7. The lowest BCUT2D eigenvalue weighted by Crippen LogP contribution is -2.16. The van der Waals surface area contributed by atoms with Crippen LogP contribution in [0.15, 0.2) is 55.0 Å². The van der Waals surface area contributed by atoms with Gasteiger partial charge in [-0.2, -0.15) is 4.98 Å². The fourth-order valence-corrected chi connectivity index (χ4v) is 4.88. The van der Waals surface area contributed by atoms with Crippen LogP contribution in [0.25, 0.3) is 11.1 Å². The van der Waals surface area contributed by atoms with Crippen LogP contribution in [-0.2, 0) is 23.0 Å². The first kappa shape index (κ1) is 20.5. The lowest BCUT2D eigenvalue weighted by molar-refractivity contribution is 0.372. The van der Waals surface area contributed by atoms with E-state index in [0.717, 1.165) is 24.0 Å². The van der Waals surface area contributed by atoms with E-state index in [1.807, 2.05) is 32.0 Å². The molecule has 0 atom stereocenters. The molecule has 2 heterocycles. The molecule has 10 heteroatoms. The van der Waals surface area contributed by atoms with Crippen molar-refractivity contribution >= 4 is 26.8 Å². The summed E-state index contributed by atoms with van der Waals surface area (Å²) in [7, 11) is -3.88. The monoisotopic (exact) mass is 454 g/mol. The van der Waals surface area contributed by atoms with Gasteiger partial charge in [-0.3, -0.25) is 9.29 Å². The summed E-state index contributed by atoms with van der Waals surface area (Å²) in [6, 6.07) is 9.99. The van der Waals surface area contributed by atoms with E-state index in [9.17, 15) is 13.2 Å². The van der Waals surface area contributed by atoms with Crippen LogP contribution in [0.1, 0.15) is 48.5 Å². The fraction of sp³-hybridized carbons (Fsp3) is 0.318. The molecule has 166 valence electrons. The van der Waals surface area contributed by atoms with Crippen molar-refractivity contribution in [1.29, 1.82) is 0 Å². The first-order valence-corrected chi connectivity index (χ1v) is 11.9. The largest absolute Gasteiger partial charge is 0.420 e. The Hall–Kier alpha value is -3.40. The molecule has 32 heavy (non-hydrogen) atoms. The van der Waals surface area contributed by atoms with Crippen molar-refractivity contribution in [3.05, 3.63) is 69.8 Å². The molecule has 1 N–H and O–H groups in total. The van der Waals surface area contributed by atoms with Gasteiger partial charge >= 0.3 is 5.76 Å². The average Bonchev–Trinajstić information content (AvgIpc) is 3.43. The van der Waals surface area contributed by atoms with E-state index in [4.69, 9.17) is 8.94 Å². The van der Waals surface area contributed by atoms with Crippen LogP contribution in [0.4, 0.5) is 5.69 Å². The molecule has 0 amide bonds. The Morgan fingerprint density at radius 3 is 2.78 bits per heavy atom. The molecular formula is C22H22N4O5S. The molecule has 0 unspecified atom stereocenters. The Bertz CT molecular complexity index is 1480. The molecule has 1 saturated carbocycles. The van der Waals surface area contributed by atoms with Crippen LogP contribution in [-0.4, -0.2) is 23.1 Å². The second-order valence-corrected chi connectivity index (χ2v) is 9.66. The van der Waals surface area contributed by atoms with E-state index in [2.05, 4.69) is 14.9 Å². The van der Waals surface area contributed by atoms with Crippen LogP contribution in [0.3, 0.4) is 0 Å². The highest BCUT2D eigenvalue weighted by atomic mass is 32.2. The van der Waals surface area contributed by atoms with Crippen LogP contribution in [0.2, 0.25) is 0 Å². The minimum atomic E-state index is -3.88. The molecule has 2 aromatic carbocycles. The predicted molar refractivity (Wildman–Crippen MR) is 117 cm³/mol. The van der Waals surface area contributed by atoms with Crippen LogP contribution >= 0.6 is 0 Å². The summed E-state index contributed by atoms with van der Waals surface area (Å²) in [5.41, 5.74) is 2.93. The maximum Gasteiger partial charge on any atom is 0.420 e. The van der Waals surface area contributed by atoms with Gasteiger partial charge in [0.15, 0.2) is 11.4 Å². The molecule has 5 rings (SSSR count). The first-order valence-electron chi connectivity index (χ1n) is 10.4. The SMILES string of the molecule is CCc1cccc(C)c1NS(=O)(=O)c1ccc2c(c1)oc(=O)n2Cc1noc(C2CC2)n1. The number of fused-ring (bicyclic) bond motifs is 1. The van der Waals surface area contributed by atoms with Crippen molar-refractivity contribution in [2.75, 3.05) is 4.72 Å². The number of sulfonamides is 1. The lowest BCUT2D eigenvalue weighted by Gasteiger charge is -2.14. The maximum absolute atomic E-state index is 13.1. The Labute approximate surface area is 184 Å². The standard InChI is InChI=1S/C22H22N4O5S/c1-3-14-6-4-5-13(2)20(14)25-32(28,29)16-9-10-17-18(11-16)30-22(27)26(17)12-19-23-21(31-24-19)15-7-8-15/h4-6,9-11,15,25H,3,7-8,12H2,1-2H3. The summed E-state index contributed by atoms with van der Waals surface area (Å²) >= 11 is 0. The number of hydrogen-bond donors (Lipinski definition) is 1. The van der Waals surface area contributed by atoms with Gasteiger partial charge in [0, 0.05) is 12.0 Å². The molecule has 1 aliphatic rings. The second-order valence-electron chi connectivity index (χ2n) is 7.97. The third kappa shape index (κ3) is 3.70. The minimum absolute atomic E-state index is 0.00628. The number of hydrogen-bond acceptors (Lipinski definition) is 7. The molecule has 0 saturated heterocycles. The Morgan fingerprint density at radius 2 is 2.03 bits per heavy atom. The molecule has 1 aliphatic carbocycles. The fourth-order valence-electron chi connectivity index (χ4n) is 3.70. The number of oxazole rings is 1. The van der Waals surface area contributed by atoms with E-state index in [1.165, 1.54) is 16.7 Å². The van der Waals surface area contributed by atoms with E-state index in [1.54, 1.807) is 6.07 Å². The molecule has 0 spiro atoms. The normalized spacial score (nSPS) is 14.2. The third-order valence-corrected chi connectivity index (χ3v) is 6.98.